The van der Waals surface area contributed by atoms with Gasteiger partial charge in [-0.3, -0.25) is 0 Å². The summed E-state index contributed by atoms with van der Waals surface area (Å²) in [6, 6.07) is 10.7. The largest absolute Gasteiger partial charge is 0.507 e. The number of imidazole rings is 1. The molecule has 0 unspecified atom stereocenters. The fourth-order valence-corrected chi connectivity index (χ4v) is 1.99. The summed E-state index contributed by atoms with van der Waals surface area (Å²) in [5.74, 6) is 0.172. The molecule has 6 heteroatoms. The van der Waals surface area contributed by atoms with E-state index in [0.717, 1.165) is 5.52 Å². The van der Waals surface area contributed by atoms with E-state index in [9.17, 15) is 5.11 Å². The summed E-state index contributed by atoms with van der Waals surface area (Å²) in [7, 11) is 0. The number of hydrogen-bond donors (Lipinski definition) is 2. The van der Waals surface area contributed by atoms with E-state index < -0.39 is 0 Å². The molecule has 0 radical (unpaired) electrons. The van der Waals surface area contributed by atoms with Crippen molar-refractivity contribution in [3.05, 3.63) is 52.9 Å². The number of fused-ring (bicyclic) bond motifs is 1. The molecule has 2 heterocycles. The molecule has 0 amide bonds. The first-order chi connectivity index (χ1) is 9.25. The Bertz CT molecular complexity index is 819. The Morgan fingerprint density at radius 2 is 2.11 bits per heavy atom. The van der Waals surface area contributed by atoms with E-state index in [2.05, 4.69) is 15.1 Å². The standard InChI is InChI=1S/C13H10N4OS/c18-11-6-2-1-4-9(11)8-15-17-12-10(16-13(17)19)5-3-7-14-12/h1-8,18H,(H,16,19). The number of nitrogens with one attached hydrogen (secondary N) is 1. The highest BCUT2D eigenvalue weighted by Crippen LogP contribution is 2.14. The van der Waals surface area contributed by atoms with Gasteiger partial charge < -0.3 is 10.1 Å². The SMILES string of the molecule is Oc1ccccc1C=Nn1c(=S)[nH]c2cccnc21. The number of rotatable bonds is 2. The van der Waals surface area contributed by atoms with Crippen molar-refractivity contribution in [2.45, 2.75) is 0 Å². The Morgan fingerprint density at radius 1 is 1.26 bits per heavy atom. The summed E-state index contributed by atoms with van der Waals surface area (Å²) in [5, 5.41) is 13.9. The molecule has 1 aromatic carbocycles. The van der Waals surface area contributed by atoms with Gasteiger partial charge in [-0.2, -0.15) is 9.78 Å². The van der Waals surface area contributed by atoms with Gasteiger partial charge >= 0.3 is 0 Å². The number of aromatic nitrogens is 3. The van der Waals surface area contributed by atoms with Crippen molar-refractivity contribution in [2.75, 3.05) is 0 Å². The normalized spacial score (nSPS) is 11.4. The first-order valence-electron chi connectivity index (χ1n) is 5.64. The lowest BCUT2D eigenvalue weighted by atomic mass is 10.2. The molecular weight excluding hydrogens is 260 g/mol. The van der Waals surface area contributed by atoms with Gasteiger partial charge in [-0.05, 0) is 36.5 Å². The number of H-pyrrole nitrogens is 1. The maximum absolute atomic E-state index is 9.67. The molecule has 0 aliphatic heterocycles. The Morgan fingerprint density at radius 3 is 2.95 bits per heavy atom. The van der Waals surface area contributed by atoms with E-state index >= 15 is 0 Å². The zero-order valence-corrected chi connectivity index (χ0v) is 10.6. The van der Waals surface area contributed by atoms with Crippen LogP contribution in [0.3, 0.4) is 0 Å². The average Bonchev–Trinajstić information content (AvgIpc) is 2.74. The molecule has 0 fully saturated rings. The number of aromatic hydroxyl groups is 1. The van der Waals surface area contributed by atoms with Crippen LogP contribution in [-0.4, -0.2) is 26.0 Å². The van der Waals surface area contributed by atoms with Crippen LogP contribution in [0.25, 0.3) is 11.2 Å². The molecule has 5 nitrogen and oxygen atoms in total. The van der Waals surface area contributed by atoms with E-state index in [1.54, 1.807) is 30.6 Å². The molecule has 3 rings (SSSR count). The maximum Gasteiger partial charge on any atom is 0.200 e. The highest BCUT2D eigenvalue weighted by molar-refractivity contribution is 7.71. The molecular formula is C13H10N4OS. The van der Waals surface area contributed by atoms with Gasteiger partial charge in [0.15, 0.2) is 5.65 Å². The van der Waals surface area contributed by atoms with Crippen LogP contribution < -0.4 is 0 Å². The lowest BCUT2D eigenvalue weighted by Gasteiger charge is -1.97. The van der Waals surface area contributed by atoms with Crippen LogP contribution in [0.5, 0.6) is 5.75 Å². The molecule has 0 aliphatic carbocycles. The third kappa shape index (κ3) is 2.13. The number of nitrogens with zero attached hydrogens (tertiary/aromatic N) is 3. The molecule has 0 atom stereocenters. The summed E-state index contributed by atoms with van der Waals surface area (Å²) < 4.78 is 1.98. The minimum atomic E-state index is 0.172. The van der Waals surface area contributed by atoms with Crippen molar-refractivity contribution in [1.29, 1.82) is 0 Å². The molecule has 94 valence electrons. The molecule has 0 bridgehead atoms. The molecule has 19 heavy (non-hydrogen) atoms. The predicted molar refractivity (Wildman–Crippen MR) is 76.0 cm³/mol. The third-order valence-corrected chi connectivity index (χ3v) is 2.95. The first kappa shape index (κ1) is 11.6. The minimum absolute atomic E-state index is 0.172. The Hall–Kier alpha value is -2.47. The van der Waals surface area contributed by atoms with Gasteiger partial charge in [-0.1, -0.05) is 12.1 Å². The highest BCUT2D eigenvalue weighted by atomic mass is 32.1. The average molecular weight is 270 g/mol. The van der Waals surface area contributed by atoms with Crippen molar-refractivity contribution >= 4 is 29.6 Å². The quantitative estimate of drug-likeness (QED) is 0.556. The number of hydrogen-bond acceptors (Lipinski definition) is 4. The Labute approximate surface area is 113 Å². The third-order valence-electron chi connectivity index (χ3n) is 2.67. The lowest BCUT2D eigenvalue weighted by molar-refractivity contribution is 0.474. The number of pyridine rings is 1. The second kappa shape index (κ2) is 4.66. The summed E-state index contributed by atoms with van der Waals surface area (Å²) >= 11 is 5.19. The zero-order chi connectivity index (χ0) is 13.2. The Kier molecular flexibility index (Phi) is 2.85. The number of benzene rings is 1. The van der Waals surface area contributed by atoms with Crippen LogP contribution >= 0.6 is 12.2 Å². The number of phenols is 1. The number of aromatic amines is 1. The minimum Gasteiger partial charge on any atom is -0.507 e. The van der Waals surface area contributed by atoms with Crippen molar-refractivity contribution in [3.8, 4) is 5.75 Å². The summed E-state index contributed by atoms with van der Waals surface area (Å²) in [6.45, 7) is 0. The van der Waals surface area contributed by atoms with Crippen LogP contribution in [0.1, 0.15) is 5.56 Å². The fourth-order valence-electron chi connectivity index (χ4n) is 1.75. The van der Waals surface area contributed by atoms with E-state index in [1.165, 1.54) is 4.68 Å². The molecule has 0 saturated carbocycles. The predicted octanol–water partition coefficient (Wildman–Crippen LogP) is 2.68. The van der Waals surface area contributed by atoms with Gasteiger partial charge in [0.25, 0.3) is 0 Å². The molecule has 0 aliphatic rings. The molecule has 0 saturated heterocycles. The molecule has 2 N–H and O–H groups in total. The number of phenolic OH excluding ortho intramolecular Hbond substituents is 1. The van der Waals surface area contributed by atoms with E-state index in [1.807, 2.05) is 18.2 Å². The van der Waals surface area contributed by atoms with E-state index in [4.69, 9.17) is 12.2 Å². The zero-order valence-electron chi connectivity index (χ0n) is 9.82. The smallest absolute Gasteiger partial charge is 0.200 e. The van der Waals surface area contributed by atoms with Gasteiger partial charge in [0.1, 0.15) is 5.75 Å². The first-order valence-corrected chi connectivity index (χ1v) is 6.04. The Balaban J connectivity index is 2.09. The number of para-hydroxylation sites is 1. The second-order valence-electron chi connectivity index (χ2n) is 3.92. The van der Waals surface area contributed by atoms with Gasteiger partial charge in [-0.25, -0.2) is 4.98 Å². The molecule has 3 aromatic rings. The van der Waals surface area contributed by atoms with Crippen molar-refractivity contribution in [2.24, 2.45) is 5.10 Å². The topological polar surface area (TPSA) is 66.2 Å². The van der Waals surface area contributed by atoms with Gasteiger partial charge in [0.05, 0.1) is 11.7 Å². The van der Waals surface area contributed by atoms with Crippen LogP contribution in [0, 0.1) is 4.77 Å². The van der Waals surface area contributed by atoms with Crippen molar-refractivity contribution < 1.29 is 5.11 Å². The summed E-state index contributed by atoms with van der Waals surface area (Å²) in [6.07, 6.45) is 3.23. The van der Waals surface area contributed by atoms with Crippen LogP contribution in [0.2, 0.25) is 0 Å². The van der Waals surface area contributed by atoms with Crippen LogP contribution in [0.4, 0.5) is 0 Å². The van der Waals surface area contributed by atoms with E-state index in [-0.39, 0.29) is 5.75 Å². The summed E-state index contributed by atoms with van der Waals surface area (Å²) in [4.78, 5) is 7.24. The lowest BCUT2D eigenvalue weighted by Crippen LogP contribution is -1.92. The van der Waals surface area contributed by atoms with Crippen LogP contribution in [-0.2, 0) is 0 Å². The van der Waals surface area contributed by atoms with Gasteiger partial charge in [0, 0.05) is 11.8 Å². The molecule has 2 aromatic heterocycles. The second-order valence-corrected chi connectivity index (χ2v) is 4.31. The fraction of sp³-hybridized carbons (Fsp3) is 0. The van der Waals surface area contributed by atoms with Crippen molar-refractivity contribution in [3.63, 3.8) is 0 Å². The summed E-state index contributed by atoms with van der Waals surface area (Å²) in [5.41, 5.74) is 2.09. The van der Waals surface area contributed by atoms with Gasteiger partial charge in [-0.15, -0.1) is 0 Å². The monoisotopic (exact) mass is 270 g/mol. The van der Waals surface area contributed by atoms with E-state index in [0.29, 0.717) is 16.0 Å². The van der Waals surface area contributed by atoms with Crippen molar-refractivity contribution in [1.82, 2.24) is 14.6 Å². The molecule has 0 spiro atoms. The van der Waals surface area contributed by atoms with Gasteiger partial charge in [0.2, 0.25) is 4.77 Å². The van der Waals surface area contributed by atoms with Crippen LogP contribution in [0.15, 0.2) is 47.7 Å². The maximum atomic E-state index is 9.67. The highest BCUT2D eigenvalue weighted by Gasteiger charge is 2.03.